The van der Waals surface area contributed by atoms with E-state index in [0.29, 0.717) is 17.8 Å². The van der Waals surface area contributed by atoms with Gasteiger partial charge in [-0.3, -0.25) is 9.59 Å². The second-order valence-corrected chi connectivity index (χ2v) is 7.07. The standard InChI is InChI=1S/C18H23ClN6O2/c1-2-21-17(26)14-8-5-12(9-15(14)19)22-18(27)16-10-25(24-23-16)13-6-3-11(20)4-7-13/h5,8-11,13H,2-4,6-7,20H2,1H3,(H,21,26)(H,22,27). The van der Waals surface area contributed by atoms with Crippen LogP contribution in [0.25, 0.3) is 0 Å². The van der Waals surface area contributed by atoms with Gasteiger partial charge in [0, 0.05) is 18.3 Å². The van der Waals surface area contributed by atoms with Crippen molar-refractivity contribution in [2.24, 2.45) is 5.73 Å². The van der Waals surface area contributed by atoms with Crippen LogP contribution in [-0.4, -0.2) is 39.4 Å². The fraction of sp³-hybridized carbons (Fsp3) is 0.444. The molecule has 144 valence electrons. The van der Waals surface area contributed by atoms with Gasteiger partial charge in [-0.2, -0.15) is 0 Å². The molecule has 1 aromatic carbocycles. The maximum atomic E-state index is 12.4. The zero-order valence-electron chi connectivity index (χ0n) is 15.1. The highest BCUT2D eigenvalue weighted by Crippen LogP contribution is 2.27. The summed E-state index contributed by atoms with van der Waals surface area (Å²) in [5, 5.41) is 13.7. The van der Waals surface area contributed by atoms with E-state index >= 15 is 0 Å². The number of anilines is 1. The Morgan fingerprint density at radius 2 is 2.00 bits per heavy atom. The van der Waals surface area contributed by atoms with Crippen molar-refractivity contribution in [1.29, 1.82) is 0 Å². The number of nitrogens with two attached hydrogens (primary N) is 1. The lowest BCUT2D eigenvalue weighted by molar-refractivity contribution is 0.0955. The van der Waals surface area contributed by atoms with Gasteiger partial charge in [-0.15, -0.1) is 5.10 Å². The number of hydrogen-bond donors (Lipinski definition) is 3. The molecule has 0 unspecified atom stereocenters. The monoisotopic (exact) mass is 390 g/mol. The largest absolute Gasteiger partial charge is 0.352 e. The second-order valence-electron chi connectivity index (χ2n) is 6.66. The smallest absolute Gasteiger partial charge is 0.277 e. The summed E-state index contributed by atoms with van der Waals surface area (Å²) in [6.45, 7) is 2.34. The van der Waals surface area contributed by atoms with E-state index in [1.165, 1.54) is 6.07 Å². The van der Waals surface area contributed by atoms with E-state index in [4.69, 9.17) is 17.3 Å². The molecule has 3 rings (SSSR count). The molecule has 8 nitrogen and oxygen atoms in total. The minimum Gasteiger partial charge on any atom is -0.352 e. The topological polar surface area (TPSA) is 115 Å². The van der Waals surface area contributed by atoms with E-state index in [-0.39, 0.29) is 34.6 Å². The summed E-state index contributed by atoms with van der Waals surface area (Å²) in [4.78, 5) is 24.3. The Hall–Kier alpha value is -2.45. The predicted molar refractivity (Wildman–Crippen MR) is 103 cm³/mol. The van der Waals surface area contributed by atoms with Gasteiger partial charge in [-0.1, -0.05) is 16.8 Å². The van der Waals surface area contributed by atoms with Gasteiger partial charge >= 0.3 is 0 Å². The van der Waals surface area contributed by atoms with Gasteiger partial charge in [0.2, 0.25) is 0 Å². The molecule has 1 aliphatic rings. The third-order valence-corrected chi connectivity index (χ3v) is 4.98. The molecule has 0 bridgehead atoms. The summed E-state index contributed by atoms with van der Waals surface area (Å²) >= 11 is 6.15. The zero-order chi connectivity index (χ0) is 19.4. The molecule has 0 saturated heterocycles. The van der Waals surface area contributed by atoms with Gasteiger partial charge in [0.25, 0.3) is 11.8 Å². The molecule has 0 aliphatic heterocycles. The Balaban J connectivity index is 1.65. The minimum atomic E-state index is -0.379. The molecule has 4 N–H and O–H groups in total. The number of nitrogens with zero attached hydrogens (tertiary/aromatic N) is 3. The molecule has 1 aromatic heterocycles. The van der Waals surface area contributed by atoms with Crippen molar-refractivity contribution in [1.82, 2.24) is 20.3 Å². The van der Waals surface area contributed by atoms with Crippen LogP contribution in [0.5, 0.6) is 0 Å². The minimum absolute atomic E-state index is 0.227. The number of benzene rings is 1. The highest BCUT2D eigenvalue weighted by atomic mass is 35.5. The Morgan fingerprint density at radius 3 is 2.67 bits per heavy atom. The van der Waals surface area contributed by atoms with Crippen LogP contribution in [0, 0.1) is 0 Å². The third kappa shape index (κ3) is 4.64. The normalized spacial score (nSPS) is 19.5. The summed E-state index contributed by atoms with van der Waals surface area (Å²) < 4.78 is 1.74. The fourth-order valence-electron chi connectivity index (χ4n) is 3.15. The van der Waals surface area contributed by atoms with Crippen molar-refractivity contribution in [3.8, 4) is 0 Å². The molecule has 1 heterocycles. The number of carbonyl (C=O) groups excluding carboxylic acids is 2. The van der Waals surface area contributed by atoms with Crippen molar-refractivity contribution in [3.05, 3.63) is 40.7 Å². The molecule has 1 aliphatic carbocycles. The number of hydrogen-bond acceptors (Lipinski definition) is 5. The third-order valence-electron chi connectivity index (χ3n) is 4.67. The fourth-order valence-corrected chi connectivity index (χ4v) is 3.42. The van der Waals surface area contributed by atoms with Crippen molar-refractivity contribution < 1.29 is 9.59 Å². The number of aromatic nitrogens is 3. The van der Waals surface area contributed by atoms with Crippen LogP contribution in [0.3, 0.4) is 0 Å². The SMILES string of the molecule is CCNC(=O)c1ccc(NC(=O)c2cn(C3CCC(N)CC3)nn2)cc1Cl. The Labute approximate surface area is 162 Å². The van der Waals surface area contributed by atoms with Gasteiger partial charge in [0.05, 0.1) is 22.8 Å². The summed E-state index contributed by atoms with van der Waals surface area (Å²) in [7, 11) is 0. The van der Waals surface area contributed by atoms with E-state index in [2.05, 4.69) is 20.9 Å². The second kappa shape index (κ2) is 8.49. The van der Waals surface area contributed by atoms with Gasteiger partial charge < -0.3 is 16.4 Å². The van der Waals surface area contributed by atoms with E-state index in [9.17, 15) is 9.59 Å². The molecule has 2 aromatic rings. The quantitative estimate of drug-likeness (QED) is 0.725. The Kier molecular flexibility index (Phi) is 6.08. The molecule has 27 heavy (non-hydrogen) atoms. The molecule has 0 atom stereocenters. The van der Waals surface area contributed by atoms with E-state index in [1.54, 1.807) is 23.0 Å². The molecular formula is C18H23ClN6O2. The van der Waals surface area contributed by atoms with Crippen LogP contribution in [0.1, 0.15) is 59.5 Å². The number of halogens is 1. The average Bonchev–Trinajstić information content (AvgIpc) is 3.13. The lowest BCUT2D eigenvalue weighted by atomic mass is 9.92. The van der Waals surface area contributed by atoms with Gasteiger partial charge in [-0.25, -0.2) is 4.68 Å². The van der Waals surface area contributed by atoms with Crippen LogP contribution in [0.4, 0.5) is 5.69 Å². The number of carbonyl (C=O) groups is 2. The van der Waals surface area contributed by atoms with E-state index in [0.717, 1.165) is 25.7 Å². The first-order chi connectivity index (χ1) is 13.0. The molecule has 1 saturated carbocycles. The molecule has 0 radical (unpaired) electrons. The summed E-state index contributed by atoms with van der Waals surface area (Å²) in [5.74, 6) is -0.633. The van der Waals surface area contributed by atoms with Crippen molar-refractivity contribution in [2.75, 3.05) is 11.9 Å². The first-order valence-electron chi connectivity index (χ1n) is 9.04. The van der Waals surface area contributed by atoms with Crippen LogP contribution >= 0.6 is 11.6 Å². The van der Waals surface area contributed by atoms with Crippen molar-refractivity contribution in [3.63, 3.8) is 0 Å². The number of amides is 2. The van der Waals surface area contributed by atoms with Crippen LogP contribution in [0.15, 0.2) is 24.4 Å². The summed E-state index contributed by atoms with van der Waals surface area (Å²) in [5.41, 5.74) is 7.00. The van der Waals surface area contributed by atoms with Gasteiger partial charge in [-0.05, 0) is 50.8 Å². The lowest BCUT2D eigenvalue weighted by Crippen LogP contribution is -2.28. The summed E-state index contributed by atoms with van der Waals surface area (Å²) in [6, 6.07) is 5.22. The van der Waals surface area contributed by atoms with Crippen LogP contribution < -0.4 is 16.4 Å². The molecule has 2 amide bonds. The van der Waals surface area contributed by atoms with E-state index in [1.807, 2.05) is 6.92 Å². The van der Waals surface area contributed by atoms with E-state index < -0.39 is 0 Å². The first-order valence-corrected chi connectivity index (χ1v) is 9.42. The van der Waals surface area contributed by atoms with Crippen molar-refractivity contribution in [2.45, 2.75) is 44.7 Å². The number of rotatable bonds is 5. The Bertz CT molecular complexity index is 829. The lowest BCUT2D eigenvalue weighted by Gasteiger charge is -2.25. The maximum Gasteiger partial charge on any atom is 0.277 e. The van der Waals surface area contributed by atoms with Gasteiger partial charge in [0.15, 0.2) is 5.69 Å². The van der Waals surface area contributed by atoms with Gasteiger partial charge in [0.1, 0.15) is 0 Å². The first kappa shape index (κ1) is 19.3. The van der Waals surface area contributed by atoms with Crippen molar-refractivity contribution >= 4 is 29.1 Å². The molecule has 1 fully saturated rings. The predicted octanol–water partition coefficient (Wildman–Crippen LogP) is 2.38. The highest BCUT2D eigenvalue weighted by molar-refractivity contribution is 6.34. The zero-order valence-corrected chi connectivity index (χ0v) is 15.9. The molecule has 9 heteroatoms. The molecular weight excluding hydrogens is 368 g/mol. The maximum absolute atomic E-state index is 12.4. The highest BCUT2D eigenvalue weighted by Gasteiger charge is 2.22. The average molecular weight is 391 g/mol. The van der Waals surface area contributed by atoms with Crippen LogP contribution in [0.2, 0.25) is 5.02 Å². The number of nitrogens with one attached hydrogen (secondary N) is 2. The molecule has 0 spiro atoms. The summed E-state index contributed by atoms with van der Waals surface area (Å²) in [6.07, 6.45) is 5.41. The Morgan fingerprint density at radius 1 is 1.26 bits per heavy atom. The van der Waals surface area contributed by atoms with Crippen LogP contribution in [-0.2, 0) is 0 Å².